The minimum atomic E-state index is -0.587. The topological polar surface area (TPSA) is 67.4 Å². The summed E-state index contributed by atoms with van der Waals surface area (Å²) in [7, 11) is 0. The Morgan fingerprint density at radius 1 is 1.12 bits per heavy atom. The monoisotopic (exact) mass is 364 g/mol. The van der Waals surface area contributed by atoms with E-state index in [-0.39, 0.29) is 5.41 Å². The van der Waals surface area contributed by atoms with Crippen molar-refractivity contribution >= 4 is 34.5 Å². The summed E-state index contributed by atoms with van der Waals surface area (Å²) < 4.78 is 5.47. The van der Waals surface area contributed by atoms with Crippen molar-refractivity contribution in [1.29, 1.82) is 0 Å². The standard InChI is InChI=1S/C17H20N2O3S2/c20-15(18-10-14-2-1-8-24-14)16(21)19-12-17(4-6-22-7-5-17)13-3-9-23-11-13/h1-3,8-9,11H,4-7,10,12H2,(H,18,20)(H,19,21). The smallest absolute Gasteiger partial charge is 0.309 e. The van der Waals surface area contributed by atoms with Crippen LogP contribution in [-0.4, -0.2) is 31.6 Å². The van der Waals surface area contributed by atoms with E-state index in [0.717, 1.165) is 17.7 Å². The van der Waals surface area contributed by atoms with E-state index in [0.29, 0.717) is 26.3 Å². The van der Waals surface area contributed by atoms with Crippen molar-refractivity contribution in [3.05, 3.63) is 44.8 Å². The molecule has 1 aliphatic rings. The lowest BCUT2D eigenvalue weighted by molar-refractivity contribution is -0.139. The summed E-state index contributed by atoms with van der Waals surface area (Å²) in [6.45, 7) is 2.19. The number of carbonyl (C=O) groups excluding carboxylic acids is 2. The molecule has 0 aliphatic carbocycles. The van der Waals surface area contributed by atoms with Crippen LogP contribution in [0, 0.1) is 0 Å². The molecule has 2 aromatic heterocycles. The molecule has 7 heteroatoms. The van der Waals surface area contributed by atoms with Gasteiger partial charge in [-0.25, -0.2) is 0 Å². The maximum absolute atomic E-state index is 12.1. The second kappa shape index (κ2) is 7.92. The number of carbonyl (C=O) groups is 2. The van der Waals surface area contributed by atoms with E-state index >= 15 is 0 Å². The van der Waals surface area contributed by atoms with E-state index in [9.17, 15) is 9.59 Å². The highest BCUT2D eigenvalue weighted by molar-refractivity contribution is 7.09. The molecule has 128 valence electrons. The molecule has 3 heterocycles. The molecular formula is C17H20N2O3S2. The molecule has 0 unspecified atom stereocenters. The first-order valence-electron chi connectivity index (χ1n) is 7.88. The van der Waals surface area contributed by atoms with Gasteiger partial charge in [0.15, 0.2) is 0 Å². The predicted octanol–water partition coefficient (Wildman–Crippen LogP) is 2.29. The first-order valence-corrected chi connectivity index (χ1v) is 9.71. The van der Waals surface area contributed by atoms with Gasteiger partial charge in [-0.2, -0.15) is 11.3 Å². The molecule has 0 atom stereocenters. The van der Waals surface area contributed by atoms with Crippen LogP contribution in [0.3, 0.4) is 0 Å². The molecule has 0 spiro atoms. The van der Waals surface area contributed by atoms with Crippen LogP contribution in [0.1, 0.15) is 23.3 Å². The van der Waals surface area contributed by atoms with Crippen LogP contribution in [0.2, 0.25) is 0 Å². The normalized spacial score (nSPS) is 16.5. The summed E-state index contributed by atoms with van der Waals surface area (Å²) in [4.78, 5) is 25.1. The van der Waals surface area contributed by atoms with E-state index in [1.807, 2.05) is 22.9 Å². The quantitative estimate of drug-likeness (QED) is 0.800. The van der Waals surface area contributed by atoms with Crippen LogP contribution in [-0.2, 0) is 26.3 Å². The molecule has 0 bridgehead atoms. The molecule has 5 nitrogen and oxygen atoms in total. The van der Waals surface area contributed by atoms with Gasteiger partial charge in [0.1, 0.15) is 0 Å². The molecule has 1 fully saturated rings. The molecule has 2 amide bonds. The molecule has 1 aliphatic heterocycles. The Balaban J connectivity index is 1.56. The summed E-state index contributed by atoms with van der Waals surface area (Å²) >= 11 is 3.20. The minimum Gasteiger partial charge on any atom is -0.381 e. The van der Waals surface area contributed by atoms with E-state index in [2.05, 4.69) is 22.1 Å². The molecule has 24 heavy (non-hydrogen) atoms. The van der Waals surface area contributed by atoms with Gasteiger partial charge < -0.3 is 15.4 Å². The Kier molecular flexibility index (Phi) is 5.65. The Hall–Kier alpha value is -1.70. The summed E-state index contributed by atoms with van der Waals surface area (Å²) in [5.41, 5.74) is 1.08. The van der Waals surface area contributed by atoms with E-state index in [1.165, 1.54) is 5.56 Å². The largest absolute Gasteiger partial charge is 0.381 e. The summed E-state index contributed by atoms with van der Waals surface area (Å²) in [6.07, 6.45) is 1.70. The lowest BCUT2D eigenvalue weighted by Crippen LogP contribution is -2.48. The zero-order valence-corrected chi connectivity index (χ0v) is 14.9. The fourth-order valence-electron chi connectivity index (χ4n) is 2.89. The van der Waals surface area contributed by atoms with E-state index in [4.69, 9.17) is 4.74 Å². The summed E-state index contributed by atoms with van der Waals surface area (Å²) in [5.74, 6) is -1.16. The number of hydrogen-bond acceptors (Lipinski definition) is 5. The van der Waals surface area contributed by atoms with E-state index in [1.54, 1.807) is 22.7 Å². The Morgan fingerprint density at radius 2 is 1.92 bits per heavy atom. The molecule has 0 aromatic carbocycles. The van der Waals surface area contributed by atoms with Crippen LogP contribution in [0.25, 0.3) is 0 Å². The number of thiophene rings is 2. The van der Waals surface area contributed by atoms with Gasteiger partial charge >= 0.3 is 11.8 Å². The average Bonchev–Trinajstić information content (AvgIpc) is 3.32. The molecule has 1 saturated heterocycles. The van der Waals surface area contributed by atoms with Crippen molar-refractivity contribution in [1.82, 2.24) is 10.6 Å². The van der Waals surface area contributed by atoms with Gasteiger partial charge in [0.05, 0.1) is 6.54 Å². The number of amides is 2. The van der Waals surface area contributed by atoms with Crippen LogP contribution in [0.4, 0.5) is 0 Å². The van der Waals surface area contributed by atoms with Gasteiger partial charge in [-0.3, -0.25) is 9.59 Å². The highest BCUT2D eigenvalue weighted by Gasteiger charge is 2.35. The minimum absolute atomic E-state index is 0.137. The predicted molar refractivity (Wildman–Crippen MR) is 95.2 cm³/mol. The van der Waals surface area contributed by atoms with Crippen molar-refractivity contribution in [2.75, 3.05) is 19.8 Å². The third-order valence-electron chi connectivity index (χ3n) is 4.38. The van der Waals surface area contributed by atoms with Gasteiger partial charge in [0, 0.05) is 30.1 Å². The fraction of sp³-hybridized carbons (Fsp3) is 0.412. The molecule has 3 rings (SSSR count). The summed E-state index contributed by atoms with van der Waals surface area (Å²) in [6, 6.07) is 5.94. The first-order chi connectivity index (χ1) is 11.7. The van der Waals surface area contributed by atoms with Crippen molar-refractivity contribution in [2.45, 2.75) is 24.8 Å². The van der Waals surface area contributed by atoms with Crippen LogP contribution in [0.5, 0.6) is 0 Å². The van der Waals surface area contributed by atoms with Crippen molar-refractivity contribution in [3.63, 3.8) is 0 Å². The fourth-order valence-corrected chi connectivity index (χ4v) is 4.31. The molecule has 2 aromatic rings. The number of rotatable bonds is 5. The van der Waals surface area contributed by atoms with Crippen molar-refractivity contribution in [3.8, 4) is 0 Å². The molecule has 2 N–H and O–H groups in total. The second-order valence-corrected chi connectivity index (χ2v) is 7.66. The Bertz CT molecular complexity index is 662. The number of nitrogens with one attached hydrogen (secondary N) is 2. The van der Waals surface area contributed by atoms with Crippen LogP contribution >= 0.6 is 22.7 Å². The average molecular weight is 364 g/mol. The zero-order chi connectivity index (χ0) is 16.8. The highest BCUT2D eigenvalue weighted by atomic mass is 32.1. The van der Waals surface area contributed by atoms with Crippen molar-refractivity contribution < 1.29 is 14.3 Å². The van der Waals surface area contributed by atoms with Gasteiger partial charge in [-0.15, -0.1) is 11.3 Å². The third kappa shape index (κ3) is 4.03. The van der Waals surface area contributed by atoms with Gasteiger partial charge in [0.2, 0.25) is 0 Å². The number of hydrogen-bond donors (Lipinski definition) is 2. The highest BCUT2D eigenvalue weighted by Crippen LogP contribution is 2.35. The van der Waals surface area contributed by atoms with Gasteiger partial charge in [0.25, 0.3) is 0 Å². The maximum atomic E-state index is 12.1. The first kappa shape index (κ1) is 17.1. The number of ether oxygens (including phenoxy) is 1. The zero-order valence-electron chi connectivity index (χ0n) is 13.2. The Labute approximate surface area is 149 Å². The second-order valence-electron chi connectivity index (χ2n) is 5.85. The lowest BCUT2D eigenvalue weighted by Gasteiger charge is -2.37. The van der Waals surface area contributed by atoms with E-state index < -0.39 is 11.8 Å². The molecule has 0 radical (unpaired) electrons. The lowest BCUT2D eigenvalue weighted by atomic mass is 9.75. The SMILES string of the molecule is O=C(NCc1cccs1)C(=O)NCC1(c2ccsc2)CCOCC1. The molecule has 0 saturated carbocycles. The maximum Gasteiger partial charge on any atom is 0.309 e. The van der Waals surface area contributed by atoms with Crippen LogP contribution < -0.4 is 10.6 Å². The van der Waals surface area contributed by atoms with Gasteiger partial charge in [-0.05, 0) is 46.7 Å². The van der Waals surface area contributed by atoms with Gasteiger partial charge in [-0.1, -0.05) is 6.07 Å². The summed E-state index contributed by atoms with van der Waals surface area (Å²) in [5, 5.41) is 11.6. The Morgan fingerprint density at radius 3 is 2.58 bits per heavy atom. The van der Waals surface area contributed by atoms with Crippen molar-refractivity contribution in [2.24, 2.45) is 0 Å². The molecular weight excluding hydrogens is 344 g/mol. The third-order valence-corrected chi connectivity index (χ3v) is 5.94. The van der Waals surface area contributed by atoms with Crippen LogP contribution in [0.15, 0.2) is 34.3 Å².